The second-order valence-electron chi connectivity index (χ2n) is 4.89. The average Bonchev–Trinajstić information content (AvgIpc) is 2.36. The molecule has 0 saturated carbocycles. The SMILES string of the molecule is CCOC(=O)C(C)(CCCN(CC)CC(F)(F)F)NC. The summed E-state index contributed by atoms with van der Waals surface area (Å²) < 4.78 is 41.9. The maximum atomic E-state index is 12.3. The van der Waals surface area contributed by atoms with Crippen molar-refractivity contribution >= 4 is 5.97 Å². The van der Waals surface area contributed by atoms with E-state index in [1.807, 2.05) is 0 Å². The number of nitrogens with one attached hydrogen (secondary N) is 1. The van der Waals surface area contributed by atoms with Gasteiger partial charge >= 0.3 is 12.1 Å². The number of carbonyl (C=O) groups excluding carboxylic acids is 1. The van der Waals surface area contributed by atoms with Gasteiger partial charge in [0.05, 0.1) is 13.2 Å². The van der Waals surface area contributed by atoms with E-state index in [0.29, 0.717) is 25.9 Å². The van der Waals surface area contributed by atoms with Gasteiger partial charge in [0.2, 0.25) is 0 Å². The van der Waals surface area contributed by atoms with Crippen molar-refractivity contribution in [1.82, 2.24) is 10.2 Å². The molecule has 0 fully saturated rings. The summed E-state index contributed by atoms with van der Waals surface area (Å²) in [5, 5.41) is 2.89. The fourth-order valence-corrected chi connectivity index (χ4v) is 1.88. The zero-order chi connectivity index (χ0) is 15.8. The van der Waals surface area contributed by atoms with Gasteiger partial charge in [-0.15, -0.1) is 0 Å². The van der Waals surface area contributed by atoms with Crippen LogP contribution in [0.15, 0.2) is 0 Å². The third-order valence-electron chi connectivity index (χ3n) is 3.28. The van der Waals surface area contributed by atoms with E-state index in [4.69, 9.17) is 4.74 Å². The molecule has 0 aliphatic carbocycles. The van der Waals surface area contributed by atoms with Crippen LogP contribution < -0.4 is 5.32 Å². The molecule has 0 bridgehead atoms. The molecule has 1 N–H and O–H groups in total. The minimum absolute atomic E-state index is 0.283. The van der Waals surface area contributed by atoms with Gasteiger partial charge in [-0.3, -0.25) is 9.69 Å². The summed E-state index contributed by atoms with van der Waals surface area (Å²) in [7, 11) is 1.64. The third kappa shape index (κ3) is 7.09. The number of nitrogens with zero attached hydrogens (tertiary/aromatic N) is 1. The van der Waals surface area contributed by atoms with Crippen LogP contribution in [0.5, 0.6) is 0 Å². The number of ether oxygens (including phenoxy) is 1. The molecular weight excluding hydrogens is 273 g/mol. The van der Waals surface area contributed by atoms with Crippen LogP contribution in [0.25, 0.3) is 0 Å². The first-order valence-corrected chi connectivity index (χ1v) is 6.83. The molecule has 0 heterocycles. The van der Waals surface area contributed by atoms with Gasteiger partial charge in [-0.05, 0) is 46.8 Å². The minimum Gasteiger partial charge on any atom is -0.465 e. The summed E-state index contributed by atoms with van der Waals surface area (Å²) in [4.78, 5) is 13.1. The highest BCUT2D eigenvalue weighted by Crippen LogP contribution is 2.18. The molecule has 1 atom stereocenters. The number of esters is 1. The summed E-state index contributed by atoms with van der Waals surface area (Å²) in [6, 6.07) is 0. The maximum absolute atomic E-state index is 12.3. The van der Waals surface area contributed by atoms with Crippen LogP contribution in [0.1, 0.15) is 33.6 Å². The van der Waals surface area contributed by atoms with Crippen molar-refractivity contribution in [2.75, 3.05) is 33.3 Å². The first-order chi connectivity index (χ1) is 9.18. The number of alkyl halides is 3. The molecule has 20 heavy (non-hydrogen) atoms. The molecule has 0 aliphatic heterocycles. The van der Waals surface area contributed by atoms with E-state index in [1.165, 1.54) is 4.90 Å². The molecule has 0 spiro atoms. The number of likely N-dealkylation sites (N-methyl/N-ethyl adjacent to an activating group) is 1. The normalized spacial score (nSPS) is 15.2. The standard InChI is InChI=1S/C13H25F3N2O2/c1-5-18(10-13(14,15)16)9-7-8-12(3,17-4)11(19)20-6-2/h17H,5-10H2,1-4H3. The smallest absolute Gasteiger partial charge is 0.401 e. The summed E-state index contributed by atoms with van der Waals surface area (Å²) in [5.74, 6) is -0.374. The first kappa shape index (κ1) is 19.2. The lowest BCUT2D eigenvalue weighted by atomic mass is 9.96. The Balaban J connectivity index is 4.33. The van der Waals surface area contributed by atoms with Gasteiger partial charge in [0.25, 0.3) is 0 Å². The molecule has 0 radical (unpaired) electrons. The zero-order valence-electron chi connectivity index (χ0n) is 12.6. The molecule has 4 nitrogen and oxygen atoms in total. The molecule has 0 aromatic heterocycles. The molecule has 7 heteroatoms. The van der Waals surface area contributed by atoms with E-state index in [2.05, 4.69) is 5.32 Å². The second kappa shape index (κ2) is 8.46. The highest BCUT2D eigenvalue weighted by Gasteiger charge is 2.33. The van der Waals surface area contributed by atoms with Crippen molar-refractivity contribution in [3.05, 3.63) is 0 Å². The Morgan fingerprint density at radius 3 is 2.30 bits per heavy atom. The monoisotopic (exact) mass is 298 g/mol. The Kier molecular flexibility index (Phi) is 8.12. The zero-order valence-corrected chi connectivity index (χ0v) is 12.6. The van der Waals surface area contributed by atoms with Gasteiger partial charge in [0.1, 0.15) is 5.54 Å². The van der Waals surface area contributed by atoms with Gasteiger partial charge < -0.3 is 10.1 Å². The predicted molar refractivity (Wildman–Crippen MR) is 71.5 cm³/mol. The number of halogens is 3. The average molecular weight is 298 g/mol. The summed E-state index contributed by atoms with van der Waals surface area (Å²) >= 11 is 0. The fraction of sp³-hybridized carbons (Fsp3) is 0.923. The molecular formula is C13H25F3N2O2. The summed E-state index contributed by atoms with van der Waals surface area (Å²) in [5.41, 5.74) is -0.854. The highest BCUT2D eigenvalue weighted by molar-refractivity contribution is 5.80. The lowest BCUT2D eigenvalue weighted by Crippen LogP contribution is -2.49. The topological polar surface area (TPSA) is 41.6 Å². The van der Waals surface area contributed by atoms with Crippen LogP contribution in [-0.2, 0) is 9.53 Å². The number of carbonyl (C=O) groups is 1. The molecule has 0 amide bonds. The molecule has 0 aromatic rings. The number of hydrogen-bond acceptors (Lipinski definition) is 4. The van der Waals surface area contributed by atoms with E-state index in [1.54, 1.807) is 27.8 Å². The molecule has 120 valence electrons. The lowest BCUT2D eigenvalue weighted by molar-refractivity contribution is -0.151. The van der Waals surface area contributed by atoms with Gasteiger partial charge in [0, 0.05) is 0 Å². The van der Waals surface area contributed by atoms with Gasteiger partial charge in [-0.1, -0.05) is 6.92 Å². The van der Waals surface area contributed by atoms with Crippen LogP contribution in [0.3, 0.4) is 0 Å². The quantitative estimate of drug-likeness (QED) is 0.663. The van der Waals surface area contributed by atoms with Crippen molar-refractivity contribution in [3.63, 3.8) is 0 Å². The Hall–Kier alpha value is -0.820. The van der Waals surface area contributed by atoms with Gasteiger partial charge in [-0.2, -0.15) is 13.2 Å². The van der Waals surface area contributed by atoms with Crippen molar-refractivity contribution in [2.45, 2.75) is 45.3 Å². The molecule has 0 saturated heterocycles. The van der Waals surface area contributed by atoms with Crippen LogP contribution in [0.4, 0.5) is 13.2 Å². The van der Waals surface area contributed by atoms with Gasteiger partial charge in [0.15, 0.2) is 0 Å². The Labute approximate surface area is 118 Å². The maximum Gasteiger partial charge on any atom is 0.401 e. The van der Waals surface area contributed by atoms with Crippen molar-refractivity contribution in [3.8, 4) is 0 Å². The van der Waals surface area contributed by atoms with E-state index < -0.39 is 18.3 Å². The second-order valence-corrected chi connectivity index (χ2v) is 4.89. The summed E-state index contributed by atoms with van der Waals surface area (Å²) in [6.07, 6.45) is -3.28. The first-order valence-electron chi connectivity index (χ1n) is 6.83. The van der Waals surface area contributed by atoms with Crippen LogP contribution in [0.2, 0.25) is 0 Å². The van der Waals surface area contributed by atoms with Crippen molar-refractivity contribution in [1.29, 1.82) is 0 Å². The molecule has 0 aliphatic rings. The van der Waals surface area contributed by atoms with E-state index in [9.17, 15) is 18.0 Å². The largest absolute Gasteiger partial charge is 0.465 e. The van der Waals surface area contributed by atoms with Crippen molar-refractivity contribution in [2.24, 2.45) is 0 Å². The molecule has 0 rings (SSSR count). The predicted octanol–water partition coefficient (Wildman–Crippen LogP) is 2.19. The number of hydrogen-bond donors (Lipinski definition) is 1. The van der Waals surface area contributed by atoms with Crippen molar-refractivity contribution < 1.29 is 22.7 Å². The van der Waals surface area contributed by atoms with E-state index in [-0.39, 0.29) is 12.6 Å². The van der Waals surface area contributed by atoms with Gasteiger partial charge in [-0.25, -0.2) is 0 Å². The highest BCUT2D eigenvalue weighted by atomic mass is 19.4. The van der Waals surface area contributed by atoms with Crippen LogP contribution in [-0.4, -0.2) is 55.9 Å². The van der Waals surface area contributed by atoms with E-state index in [0.717, 1.165) is 0 Å². The Morgan fingerprint density at radius 1 is 1.30 bits per heavy atom. The Bertz CT molecular complexity index is 298. The van der Waals surface area contributed by atoms with E-state index >= 15 is 0 Å². The minimum atomic E-state index is -4.19. The number of rotatable bonds is 9. The Morgan fingerprint density at radius 2 is 1.90 bits per heavy atom. The summed E-state index contributed by atoms with van der Waals surface area (Å²) in [6.45, 7) is 5.10. The third-order valence-corrected chi connectivity index (χ3v) is 3.28. The lowest BCUT2D eigenvalue weighted by Gasteiger charge is -2.28. The van der Waals surface area contributed by atoms with Crippen LogP contribution >= 0.6 is 0 Å². The molecule has 0 aromatic carbocycles. The molecule has 1 unspecified atom stereocenters. The fourth-order valence-electron chi connectivity index (χ4n) is 1.88. The van der Waals surface area contributed by atoms with Crippen LogP contribution in [0, 0.1) is 0 Å².